The van der Waals surface area contributed by atoms with E-state index in [1.807, 2.05) is 48.5 Å². The SMILES string of the molecule is O=C1CN(C(=O)COc2ccccc2)[C@H](c2ccccc2)c2cc(F)ccc2N1. The van der Waals surface area contributed by atoms with Crippen LogP contribution in [0.3, 0.4) is 0 Å². The zero-order valence-corrected chi connectivity index (χ0v) is 15.5. The number of halogens is 1. The molecule has 4 rings (SSSR count). The third kappa shape index (κ3) is 4.11. The van der Waals surface area contributed by atoms with E-state index in [2.05, 4.69) is 5.32 Å². The number of nitrogens with one attached hydrogen (secondary N) is 1. The Labute approximate surface area is 167 Å². The molecule has 0 saturated heterocycles. The average molecular weight is 390 g/mol. The molecule has 0 spiro atoms. The second-order valence-electron chi connectivity index (χ2n) is 6.72. The maximum atomic E-state index is 14.1. The quantitative estimate of drug-likeness (QED) is 0.738. The summed E-state index contributed by atoms with van der Waals surface area (Å²) in [5.41, 5.74) is 1.79. The molecule has 2 amide bonds. The van der Waals surface area contributed by atoms with Gasteiger partial charge in [0.15, 0.2) is 6.61 Å². The molecule has 0 saturated carbocycles. The van der Waals surface area contributed by atoms with Gasteiger partial charge in [-0.1, -0.05) is 48.5 Å². The van der Waals surface area contributed by atoms with Crippen LogP contribution in [0.25, 0.3) is 0 Å². The lowest BCUT2D eigenvalue weighted by Gasteiger charge is -2.30. The molecular formula is C23H19FN2O3. The fourth-order valence-corrected chi connectivity index (χ4v) is 3.45. The van der Waals surface area contributed by atoms with Gasteiger partial charge in [-0.3, -0.25) is 9.59 Å². The molecule has 0 unspecified atom stereocenters. The van der Waals surface area contributed by atoms with Gasteiger partial charge in [-0.2, -0.15) is 0 Å². The van der Waals surface area contributed by atoms with Gasteiger partial charge in [-0.15, -0.1) is 0 Å². The van der Waals surface area contributed by atoms with E-state index in [-0.39, 0.29) is 25.0 Å². The molecule has 5 nitrogen and oxygen atoms in total. The van der Waals surface area contributed by atoms with Crippen LogP contribution in [0, 0.1) is 5.82 Å². The molecule has 1 aliphatic heterocycles. The molecular weight excluding hydrogens is 371 g/mol. The van der Waals surface area contributed by atoms with Crippen molar-refractivity contribution in [2.45, 2.75) is 6.04 Å². The van der Waals surface area contributed by atoms with Gasteiger partial charge in [0.1, 0.15) is 18.1 Å². The Balaban J connectivity index is 1.71. The summed E-state index contributed by atoms with van der Waals surface area (Å²) in [4.78, 5) is 27.0. The largest absolute Gasteiger partial charge is 0.484 e. The van der Waals surface area contributed by atoms with Gasteiger partial charge in [0.2, 0.25) is 5.91 Å². The number of rotatable bonds is 4. The molecule has 1 aliphatic rings. The van der Waals surface area contributed by atoms with Crippen molar-refractivity contribution in [3.05, 3.63) is 95.8 Å². The van der Waals surface area contributed by atoms with Crippen molar-refractivity contribution in [2.24, 2.45) is 0 Å². The molecule has 6 heteroatoms. The van der Waals surface area contributed by atoms with Gasteiger partial charge in [-0.25, -0.2) is 4.39 Å². The van der Waals surface area contributed by atoms with Crippen molar-refractivity contribution in [3.63, 3.8) is 0 Å². The molecule has 0 aromatic heterocycles. The number of carbonyl (C=O) groups is 2. The van der Waals surface area contributed by atoms with E-state index in [1.54, 1.807) is 12.1 Å². The summed E-state index contributed by atoms with van der Waals surface area (Å²) in [6.45, 7) is -0.391. The molecule has 1 N–H and O–H groups in total. The van der Waals surface area contributed by atoms with Crippen molar-refractivity contribution < 1.29 is 18.7 Å². The third-order valence-electron chi connectivity index (χ3n) is 4.75. The first-order chi connectivity index (χ1) is 14.1. The minimum absolute atomic E-state index is 0.160. The zero-order valence-electron chi connectivity index (χ0n) is 15.5. The Hall–Kier alpha value is -3.67. The molecule has 0 bridgehead atoms. The van der Waals surface area contributed by atoms with Crippen LogP contribution in [0.15, 0.2) is 78.9 Å². The number of ether oxygens (including phenoxy) is 1. The van der Waals surface area contributed by atoms with Gasteiger partial charge in [0.05, 0.1) is 6.04 Å². The van der Waals surface area contributed by atoms with Crippen LogP contribution >= 0.6 is 0 Å². The highest BCUT2D eigenvalue weighted by Crippen LogP contribution is 2.36. The van der Waals surface area contributed by atoms with Gasteiger partial charge < -0.3 is 15.0 Å². The summed E-state index contributed by atoms with van der Waals surface area (Å²) < 4.78 is 19.7. The number of amides is 2. The first-order valence-corrected chi connectivity index (χ1v) is 9.23. The van der Waals surface area contributed by atoms with E-state index in [1.165, 1.54) is 23.1 Å². The Morgan fingerprint density at radius 1 is 1.03 bits per heavy atom. The maximum absolute atomic E-state index is 14.1. The zero-order chi connectivity index (χ0) is 20.2. The minimum Gasteiger partial charge on any atom is -0.484 e. The lowest BCUT2D eigenvalue weighted by Crippen LogP contribution is -2.41. The molecule has 1 atom stereocenters. The first kappa shape index (κ1) is 18.7. The fraction of sp³-hybridized carbons (Fsp3) is 0.130. The van der Waals surface area contributed by atoms with E-state index in [4.69, 9.17) is 4.74 Å². The van der Waals surface area contributed by atoms with Crippen LogP contribution in [-0.4, -0.2) is 29.9 Å². The number of fused-ring (bicyclic) bond motifs is 1. The Morgan fingerprint density at radius 3 is 2.45 bits per heavy atom. The van der Waals surface area contributed by atoms with Crippen LogP contribution < -0.4 is 10.1 Å². The monoisotopic (exact) mass is 390 g/mol. The third-order valence-corrected chi connectivity index (χ3v) is 4.75. The van der Waals surface area contributed by atoms with E-state index in [0.29, 0.717) is 17.0 Å². The number of hydrogen-bond donors (Lipinski definition) is 1. The molecule has 3 aromatic rings. The first-order valence-electron chi connectivity index (χ1n) is 9.23. The van der Waals surface area contributed by atoms with Crippen molar-refractivity contribution in [1.82, 2.24) is 4.90 Å². The van der Waals surface area contributed by atoms with Gasteiger partial charge in [0, 0.05) is 11.3 Å². The highest BCUT2D eigenvalue weighted by Gasteiger charge is 2.33. The summed E-state index contributed by atoms with van der Waals surface area (Å²) in [7, 11) is 0. The summed E-state index contributed by atoms with van der Waals surface area (Å²) >= 11 is 0. The average Bonchev–Trinajstić information content (AvgIpc) is 2.89. The van der Waals surface area contributed by atoms with Crippen LogP contribution in [-0.2, 0) is 9.59 Å². The highest BCUT2D eigenvalue weighted by molar-refractivity contribution is 5.97. The van der Waals surface area contributed by atoms with Crippen LogP contribution in [0.5, 0.6) is 5.75 Å². The summed E-state index contributed by atoms with van der Waals surface area (Å²) in [5.74, 6) is -0.587. The summed E-state index contributed by atoms with van der Waals surface area (Å²) in [6.07, 6.45) is 0. The van der Waals surface area contributed by atoms with Crippen LogP contribution in [0.4, 0.5) is 10.1 Å². The van der Waals surface area contributed by atoms with Crippen molar-refractivity contribution in [3.8, 4) is 5.75 Å². The van der Waals surface area contributed by atoms with Crippen LogP contribution in [0.1, 0.15) is 17.2 Å². The molecule has 29 heavy (non-hydrogen) atoms. The number of nitrogens with zero attached hydrogens (tertiary/aromatic N) is 1. The van der Waals surface area contributed by atoms with E-state index in [9.17, 15) is 14.0 Å². The second kappa shape index (κ2) is 8.14. The Kier molecular flexibility index (Phi) is 5.24. The fourth-order valence-electron chi connectivity index (χ4n) is 3.45. The lowest BCUT2D eigenvalue weighted by atomic mass is 9.95. The molecule has 0 radical (unpaired) electrons. The number of carbonyl (C=O) groups excluding carboxylic acids is 2. The lowest BCUT2D eigenvalue weighted by molar-refractivity contribution is -0.138. The molecule has 0 fully saturated rings. The van der Waals surface area contributed by atoms with Crippen LogP contribution in [0.2, 0.25) is 0 Å². The summed E-state index contributed by atoms with van der Waals surface area (Å²) in [6, 6.07) is 21.8. The Morgan fingerprint density at radius 2 is 1.72 bits per heavy atom. The number of hydrogen-bond acceptors (Lipinski definition) is 3. The highest BCUT2D eigenvalue weighted by atomic mass is 19.1. The molecule has 1 heterocycles. The van der Waals surface area contributed by atoms with Crippen molar-refractivity contribution in [2.75, 3.05) is 18.5 Å². The van der Waals surface area contributed by atoms with E-state index in [0.717, 1.165) is 5.56 Å². The van der Waals surface area contributed by atoms with E-state index < -0.39 is 11.9 Å². The predicted molar refractivity (Wildman–Crippen MR) is 107 cm³/mol. The number of benzene rings is 3. The molecule has 146 valence electrons. The topological polar surface area (TPSA) is 58.6 Å². The van der Waals surface area contributed by atoms with Gasteiger partial charge in [-0.05, 0) is 35.9 Å². The maximum Gasteiger partial charge on any atom is 0.261 e. The smallest absolute Gasteiger partial charge is 0.261 e. The molecule has 3 aromatic carbocycles. The number of para-hydroxylation sites is 1. The van der Waals surface area contributed by atoms with Crippen molar-refractivity contribution in [1.29, 1.82) is 0 Å². The minimum atomic E-state index is -0.618. The number of anilines is 1. The second-order valence-corrected chi connectivity index (χ2v) is 6.72. The van der Waals surface area contributed by atoms with Gasteiger partial charge >= 0.3 is 0 Å². The predicted octanol–water partition coefficient (Wildman–Crippen LogP) is 3.77. The van der Waals surface area contributed by atoms with Crippen molar-refractivity contribution >= 4 is 17.5 Å². The van der Waals surface area contributed by atoms with E-state index >= 15 is 0 Å². The summed E-state index contributed by atoms with van der Waals surface area (Å²) in [5, 5.41) is 2.77. The van der Waals surface area contributed by atoms with Gasteiger partial charge in [0.25, 0.3) is 5.91 Å². The Bertz CT molecular complexity index is 1020. The standard InChI is InChI=1S/C23H19FN2O3/c24-17-11-12-20-19(13-17)23(16-7-3-1-4-8-16)26(14-21(27)25-20)22(28)15-29-18-9-5-2-6-10-18/h1-13,23H,14-15H2,(H,25,27)/t23-/m1/s1. The normalized spacial score (nSPS) is 15.8. The molecule has 0 aliphatic carbocycles.